The van der Waals surface area contributed by atoms with Gasteiger partial charge in [-0.05, 0) is 12.5 Å². The van der Waals surface area contributed by atoms with Crippen molar-refractivity contribution < 1.29 is 9.90 Å². The van der Waals surface area contributed by atoms with Crippen LogP contribution in [-0.2, 0) is 6.54 Å². The number of hydrogen-bond acceptors (Lipinski definition) is 3. The molecular formula is C12H10ClN2O2-. The van der Waals surface area contributed by atoms with E-state index in [9.17, 15) is 9.90 Å². The average molecular weight is 250 g/mol. The van der Waals surface area contributed by atoms with E-state index < -0.39 is 5.97 Å². The highest BCUT2D eigenvalue weighted by molar-refractivity contribution is 6.32. The van der Waals surface area contributed by atoms with Crippen LogP contribution in [-0.4, -0.2) is 15.7 Å². The third kappa shape index (κ3) is 2.31. The number of hydrogen-bond donors (Lipinski definition) is 0. The van der Waals surface area contributed by atoms with E-state index >= 15 is 0 Å². The van der Waals surface area contributed by atoms with Crippen molar-refractivity contribution in [3.63, 3.8) is 0 Å². The lowest BCUT2D eigenvalue weighted by Gasteiger charge is -2.04. The number of carbonyl (C=O) groups is 1. The summed E-state index contributed by atoms with van der Waals surface area (Å²) in [6.45, 7) is 2.03. The molecule has 0 saturated heterocycles. The Morgan fingerprint density at radius 1 is 1.41 bits per heavy atom. The summed E-state index contributed by atoms with van der Waals surface area (Å²) in [4.78, 5) is 10.9. The molecule has 0 N–H and O–H groups in total. The van der Waals surface area contributed by atoms with Crippen LogP contribution < -0.4 is 5.11 Å². The van der Waals surface area contributed by atoms with E-state index in [1.54, 1.807) is 6.92 Å². The second-order valence-corrected chi connectivity index (χ2v) is 4.04. The number of rotatable bonds is 3. The van der Waals surface area contributed by atoms with Crippen LogP contribution in [0.1, 0.15) is 21.6 Å². The summed E-state index contributed by atoms with van der Waals surface area (Å²) in [5.41, 5.74) is 1.33. The van der Waals surface area contributed by atoms with Gasteiger partial charge in [-0.3, -0.25) is 0 Å². The average Bonchev–Trinajstić information content (AvgIpc) is 2.55. The van der Waals surface area contributed by atoms with Crippen molar-refractivity contribution in [2.45, 2.75) is 13.5 Å². The number of aromatic carboxylic acids is 1. The summed E-state index contributed by atoms with van der Waals surface area (Å²) in [5.74, 6) is -1.30. The van der Waals surface area contributed by atoms with Gasteiger partial charge in [-0.1, -0.05) is 41.9 Å². The fourth-order valence-corrected chi connectivity index (χ4v) is 1.96. The first-order chi connectivity index (χ1) is 8.09. The number of aryl methyl sites for hydroxylation is 1. The molecule has 0 aliphatic heterocycles. The van der Waals surface area contributed by atoms with Gasteiger partial charge in [0.05, 0.1) is 23.8 Å². The van der Waals surface area contributed by atoms with Gasteiger partial charge in [-0.2, -0.15) is 5.10 Å². The van der Waals surface area contributed by atoms with Crippen LogP contribution in [0.4, 0.5) is 0 Å². The molecule has 1 aromatic heterocycles. The van der Waals surface area contributed by atoms with Crippen LogP contribution in [0.25, 0.3) is 0 Å². The highest BCUT2D eigenvalue weighted by Crippen LogP contribution is 2.19. The van der Waals surface area contributed by atoms with E-state index in [1.165, 1.54) is 4.68 Å². The molecule has 0 amide bonds. The summed E-state index contributed by atoms with van der Waals surface area (Å²) in [6.07, 6.45) is 0. The standard InChI is InChI=1S/C12H11ClN2O2/c1-8-10(12(16)17)11(13)15(14-8)7-9-5-3-2-4-6-9/h2-6H,7H2,1H3,(H,16,17)/p-1. The number of carbonyl (C=O) groups excluding carboxylic acids is 1. The van der Waals surface area contributed by atoms with Gasteiger partial charge in [0.25, 0.3) is 0 Å². The molecule has 4 nitrogen and oxygen atoms in total. The minimum absolute atomic E-state index is 0.0393. The minimum Gasteiger partial charge on any atom is -0.545 e. The Morgan fingerprint density at radius 3 is 2.59 bits per heavy atom. The van der Waals surface area contributed by atoms with E-state index in [0.29, 0.717) is 12.2 Å². The summed E-state index contributed by atoms with van der Waals surface area (Å²) in [5, 5.41) is 15.1. The van der Waals surface area contributed by atoms with E-state index in [2.05, 4.69) is 5.10 Å². The Balaban J connectivity index is 2.35. The van der Waals surface area contributed by atoms with Gasteiger partial charge in [-0.25, -0.2) is 4.68 Å². The molecule has 17 heavy (non-hydrogen) atoms. The summed E-state index contributed by atoms with van der Waals surface area (Å²) < 4.78 is 1.46. The third-order valence-corrected chi connectivity index (χ3v) is 2.83. The Morgan fingerprint density at radius 2 is 2.06 bits per heavy atom. The SMILES string of the molecule is Cc1nn(Cc2ccccc2)c(Cl)c1C(=O)[O-]. The second kappa shape index (κ2) is 4.59. The molecule has 2 rings (SSSR count). The van der Waals surface area contributed by atoms with E-state index in [0.717, 1.165) is 5.56 Å². The topological polar surface area (TPSA) is 58.0 Å². The Hall–Kier alpha value is -1.81. The normalized spacial score (nSPS) is 10.5. The van der Waals surface area contributed by atoms with Crippen molar-refractivity contribution in [3.8, 4) is 0 Å². The molecular weight excluding hydrogens is 240 g/mol. The quantitative estimate of drug-likeness (QED) is 0.823. The van der Waals surface area contributed by atoms with Crippen molar-refractivity contribution in [3.05, 3.63) is 52.3 Å². The number of aromatic nitrogens is 2. The molecule has 1 aromatic carbocycles. The first-order valence-electron chi connectivity index (χ1n) is 5.07. The lowest BCUT2D eigenvalue weighted by Crippen LogP contribution is -2.23. The van der Waals surface area contributed by atoms with E-state index in [-0.39, 0.29) is 10.7 Å². The molecule has 0 radical (unpaired) electrons. The maximum absolute atomic E-state index is 10.9. The van der Waals surface area contributed by atoms with Crippen LogP contribution in [0.5, 0.6) is 0 Å². The molecule has 2 aromatic rings. The first kappa shape index (κ1) is 11.7. The highest BCUT2D eigenvalue weighted by Gasteiger charge is 2.14. The number of carboxylic acids is 1. The fraction of sp³-hybridized carbons (Fsp3) is 0.167. The molecule has 0 unspecified atom stereocenters. The van der Waals surface area contributed by atoms with Crippen LogP contribution >= 0.6 is 11.6 Å². The van der Waals surface area contributed by atoms with Crippen molar-refractivity contribution in [2.75, 3.05) is 0 Å². The van der Waals surface area contributed by atoms with Crippen molar-refractivity contribution >= 4 is 17.6 Å². The molecule has 0 aliphatic rings. The zero-order valence-corrected chi connectivity index (χ0v) is 9.94. The Kier molecular flexibility index (Phi) is 3.15. The van der Waals surface area contributed by atoms with Gasteiger partial charge in [0.2, 0.25) is 0 Å². The van der Waals surface area contributed by atoms with E-state index in [4.69, 9.17) is 11.6 Å². The van der Waals surface area contributed by atoms with Crippen LogP contribution in [0, 0.1) is 6.92 Å². The zero-order chi connectivity index (χ0) is 12.4. The van der Waals surface area contributed by atoms with Gasteiger partial charge in [-0.15, -0.1) is 0 Å². The van der Waals surface area contributed by atoms with Crippen molar-refractivity contribution in [1.29, 1.82) is 0 Å². The molecule has 0 bridgehead atoms. The Bertz CT molecular complexity index is 549. The molecule has 5 heteroatoms. The molecule has 0 fully saturated rings. The summed E-state index contributed by atoms with van der Waals surface area (Å²) in [7, 11) is 0. The van der Waals surface area contributed by atoms with Gasteiger partial charge in [0.1, 0.15) is 5.15 Å². The zero-order valence-electron chi connectivity index (χ0n) is 9.18. The van der Waals surface area contributed by atoms with Crippen molar-refractivity contribution in [1.82, 2.24) is 9.78 Å². The largest absolute Gasteiger partial charge is 0.545 e. The first-order valence-corrected chi connectivity index (χ1v) is 5.45. The monoisotopic (exact) mass is 249 g/mol. The Labute approximate surface area is 103 Å². The van der Waals surface area contributed by atoms with Gasteiger partial charge in [0.15, 0.2) is 0 Å². The number of halogens is 1. The molecule has 0 atom stereocenters. The molecule has 0 spiro atoms. The van der Waals surface area contributed by atoms with Gasteiger partial charge in [0, 0.05) is 0 Å². The highest BCUT2D eigenvalue weighted by atomic mass is 35.5. The lowest BCUT2D eigenvalue weighted by atomic mass is 10.2. The number of carboxylic acid groups (broad SMARTS) is 1. The lowest BCUT2D eigenvalue weighted by molar-refractivity contribution is -0.255. The molecule has 0 aliphatic carbocycles. The maximum Gasteiger partial charge on any atom is 0.136 e. The second-order valence-electron chi connectivity index (χ2n) is 3.68. The predicted octanol–water partition coefficient (Wildman–Crippen LogP) is 1.26. The molecule has 1 heterocycles. The smallest absolute Gasteiger partial charge is 0.136 e. The van der Waals surface area contributed by atoms with Crippen molar-refractivity contribution in [2.24, 2.45) is 0 Å². The molecule has 88 valence electrons. The van der Waals surface area contributed by atoms with Crippen LogP contribution in [0.2, 0.25) is 5.15 Å². The minimum atomic E-state index is -1.30. The van der Waals surface area contributed by atoms with Gasteiger partial charge < -0.3 is 9.90 Å². The third-order valence-electron chi connectivity index (χ3n) is 2.44. The van der Waals surface area contributed by atoms with Gasteiger partial charge >= 0.3 is 0 Å². The predicted molar refractivity (Wildman–Crippen MR) is 61.8 cm³/mol. The summed E-state index contributed by atoms with van der Waals surface area (Å²) >= 11 is 5.95. The van der Waals surface area contributed by atoms with Crippen LogP contribution in [0.3, 0.4) is 0 Å². The molecule has 0 saturated carbocycles. The fourth-order valence-electron chi connectivity index (χ4n) is 1.65. The number of nitrogens with zero attached hydrogens (tertiary/aromatic N) is 2. The van der Waals surface area contributed by atoms with E-state index in [1.807, 2.05) is 30.3 Å². The maximum atomic E-state index is 10.9. The summed E-state index contributed by atoms with van der Waals surface area (Å²) in [6, 6.07) is 9.56. The number of benzene rings is 1. The van der Waals surface area contributed by atoms with Crippen LogP contribution in [0.15, 0.2) is 30.3 Å².